The standard InChI is InChI=1S/C55H37N/c1-55(2)49-21-11-9-18-43(49)44-29-28-38(33-50(44)55)56-51-22-12-10-19-45(51)47-31-36(27-30-52(47)56)34-23-25-35(26-24-34)53-39-14-4-3-13-37(39)32-48-42-17-6-5-15-40(42)41-16-7-8-20-46(41)54(48)53/h3-33H,1-2H3. The maximum atomic E-state index is 2.45. The van der Waals surface area contributed by atoms with Gasteiger partial charge in [0.2, 0.25) is 0 Å². The van der Waals surface area contributed by atoms with Crippen LogP contribution in [0.4, 0.5) is 0 Å². The highest BCUT2D eigenvalue weighted by atomic mass is 15.0. The molecule has 0 amide bonds. The zero-order chi connectivity index (χ0) is 37.1. The van der Waals surface area contributed by atoms with Crippen LogP contribution < -0.4 is 0 Å². The van der Waals surface area contributed by atoms with E-state index in [9.17, 15) is 0 Å². The van der Waals surface area contributed by atoms with Gasteiger partial charge in [-0.15, -0.1) is 0 Å². The van der Waals surface area contributed by atoms with Crippen molar-refractivity contribution in [1.82, 2.24) is 4.57 Å². The van der Waals surface area contributed by atoms with E-state index in [0.29, 0.717) is 0 Å². The average molecular weight is 712 g/mol. The van der Waals surface area contributed by atoms with E-state index in [-0.39, 0.29) is 5.41 Å². The van der Waals surface area contributed by atoms with Crippen LogP contribution in [0.3, 0.4) is 0 Å². The van der Waals surface area contributed by atoms with Gasteiger partial charge in [-0.3, -0.25) is 0 Å². The molecule has 1 aliphatic carbocycles. The maximum absolute atomic E-state index is 2.45. The van der Waals surface area contributed by atoms with Crippen molar-refractivity contribution >= 4 is 64.9 Å². The molecule has 0 N–H and O–H groups in total. The third-order valence-electron chi connectivity index (χ3n) is 12.8. The summed E-state index contributed by atoms with van der Waals surface area (Å²) in [4.78, 5) is 0. The van der Waals surface area contributed by atoms with Crippen molar-refractivity contribution in [2.45, 2.75) is 19.3 Å². The third kappa shape index (κ3) is 4.31. The van der Waals surface area contributed by atoms with Gasteiger partial charge in [-0.05, 0) is 124 Å². The highest BCUT2D eigenvalue weighted by Crippen LogP contribution is 2.50. The number of fused-ring (bicyclic) bond motifs is 13. The van der Waals surface area contributed by atoms with Crippen molar-refractivity contribution in [3.05, 3.63) is 199 Å². The Morgan fingerprint density at radius 3 is 1.73 bits per heavy atom. The highest BCUT2D eigenvalue weighted by Gasteiger charge is 2.35. The van der Waals surface area contributed by atoms with E-state index in [1.165, 1.54) is 115 Å². The molecule has 0 spiro atoms. The molecule has 0 bridgehead atoms. The number of nitrogens with zero attached hydrogens (tertiary/aromatic N) is 1. The predicted molar refractivity (Wildman–Crippen MR) is 239 cm³/mol. The summed E-state index contributed by atoms with van der Waals surface area (Å²) >= 11 is 0. The van der Waals surface area contributed by atoms with Crippen LogP contribution in [0.1, 0.15) is 25.0 Å². The van der Waals surface area contributed by atoms with Crippen molar-refractivity contribution in [3.8, 4) is 39.1 Å². The van der Waals surface area contributed by atoms with Gasteiger partial charge in [0.05, 0.1) is 11.0 Å². The van der Waals surface area contributed by atoms with Crippen LogP contribution in [0.2, 0.25) is 0 Å². The molecule has 1 aromatic heterocycles. The smallest absolute Gasteiger partial charge is 0.0541 e. The first-order valence-electron chi connectivity index (χ1n) is 19.7. The second-order valence-corrected chi connectivity index (χ2v) is 16.0. The zero-order valence-corrected chi connectivity index (χ0v) is 31.3. The SMILES string of the molecule is CC1(C)c2ccccc2-c2ccc(-n3c4ccccc4c4cc(-c5ccc(-c6c7ccccc7cc7c8ccccc8c8ccccc8c67)cc5)ccc43)cc21. The van der Waals surface area contributed by atoms with E-state index in [4.69, 9.17) is 0 Å². The number of hydrogen-bond donors (Lipinski definition) is 0. The Hall–Kier alpha value is -6.96. The lowest BCUT2D eigenvalue weighted by Crippen LogP contribution is -2.15. The Labute approximate surface area is 325 Å². The quantitative estimate of drug-likeness (QED) is 0.127. The summed E-state index contributed by atoms with van der Waals surface area (Å²) in [7, 11) is 0. The van der Waals surface area contributed by atoms with Crippen LogP contribution in [0.25, 0.3) is 104 Å². The molecule has 1 heterocycles. The summed E-state index contributed by atoms with van der Waals surface area (Å²) in [5.74, 6) is 0. The minimum atomic E-state index is -0.0563. The zero-order valence-electron chi connectivity index (χ0n) is 31.3. The summed E-state index contributed by atoms with van der Waals surface area (Å²) in [6, 6.07) is 70.1. The predicted octanol–water partition coefficient (Wildman–Crippen LogP) is 15.0. The fourth-order valence-corrected chi connectivity index (χ4v) is 10.1. The summed E-state index contributed by atoms with van der Waals surface area (Å²) in [6.07, 6.45) is 0. The van der Waals surface area contributed by atoms with Crippen molar-refractivity contribution in [2.75, 3.05) is 0 Å². The molecule has 1 nitrogen and oxygen atoms in total. The normalized spacial score (nSPS) is 13.3. The maximum Gasteiger partial charge on any atom is 0.0541 e. The number of rotatable bonds is 3. The van der Waals surface area contributed by atoms with Crippen molar-refractivity contribution in [1.29, 1.82) is 0 Å². The molecule has 1 aliphatic rings. The summed E-state index contributed by atoms with van der Waals surface area (Å²) in [5.41, 5.74) is 14.1. The van der Waals surface area contributed by atoms with Gasteiger partial charge < -0.3 is 4.57 Å². The van der Waals surface area contributed by atoms with Crippen LogP contribution in [-0.2, 0) is 5.41 Å². The summed E-state index contributed by atoms with van der Waals surface area (Å²) < 4.78 is 2.45. The van der Waals surface area contributed by atoms with E-state index >= 15 is 0 Å². The van der Waals surface area contributed by atoms with Crippen molar-refractivity contribution in [3.63, 3.8) is 0 Å². The Morgan fingerprint density at radius 1 is 0.357 bits per heavy atom. The molecule has 0 radical (unpaired) electrons. The van der Waals surface area contributed by atoms with E-state index in [1.54, 1.807) is 0 Å². The lowest BCUT2D eigenvalue weighted by Gasteiger charge is -2.22. The number of para-hydroxylation sites is 1. The van der Waals surface area contributed by atoms with Gasteiger partial charge in [0.1, 0.15) is 0 Å². The highest BCUT2D eigenvalue weighted by molar-refractivity contribution is 6.32. The summed E-state index contributed by atoms with van der Waals surface area (Å²) in [5, 5.41) is 12.9. The second-order valence-electron chi connectivity index (χ2n) is 16.0. The first-order valence-corrected chi connectivity index (χ1v) is 19.7. The molecule has 12 rings (SSSR count). The largest absolute Gasteiger partial charge is 0.309 e. The molecule has 10 aromatic carbocycles. The van der Waals surface area contributed by atoms with Gasteiger partial charge in [0.25, 0.3) is 0 Å². The van der Waals surface area contributed by atoms with Gasteiger partial charge in [-0.25, -0.2) is 0 Å². The lowest BCUT2D eigenvalue weighted by atomic mass is 9.82. The van der Waals surface area contributed by atoms with Crippen molar-refractivity contribution < 1.29 is 0 Å². The fourth-order valence-electron chi connectivity index (χ4n) is 10.1. The first kappa shape index (κ1) is 31.4. The molecule has 0 saturated heterocycles. The van der Waals surface area contributed by atoms with Gasteiger partial charge in [-0.2, -0.15) is 0 Å². The molecule has 0 unspecified atom stereocenters. The van der Waals surface area contributed by atoms with Gasteiger partial charge in [0, 0.05) is 21.9 Å². The van der Waals surface area contributed by atoms with Crippen LogP contribution in [0, 0.1) is 0 Å². The Bertz CT molecular complexity index is 3430. The van der Waals surface area contributed by atoms with Gasteiger partial charge >= 0.3 is 0 Å². The first-order chi connectivity index (χ1) is 27.5. The minimum Gasteiger partial charge on any atom is -0.309 e. The fraction of sp³-hybridized carbons (Fsp3) is 0.0545. The van der Waals surface area contributed by atoms with Crippen molar-refractivity contribution in [2.24, 2.45) is 0 Å². The van der Waals surface area contributed by atoms with E-state index in [1.807, 2.05) is 0 Å². The van der Waals surface area contributed by atoms with Crippen LogP contribution in [0.5, 0.6) is 0 Å². The average Bonchev–Trinajstić information content (AvgIpc) is 3.70. The Kier molecular flexibility index (Phi) is 6.46. The van der Waals surface area contributed by atoms with E-state index in [0.717, 1.165) is 0 Å². The van der Waals surface area contributed by atoms with Gasteiger partial charge in [0.15, 0.2) is 0 Å². The molecule has 56 heavy (non-hydrogen) atoms. The van der Waals surface area contributed by atoms with E-state index in [2.05, 4.69) is 206 Å². The molecule has 11 aromatic rings. The number of benzene rings is 10. The number of aromatic nitrogens is 1. The number of hydrogen-bond acceptors (Lipinski definition) is 0. The minimum absolute atomic E-state index is 0.0563. The Morgan fingerprint density at radius 2 is 0.929 bits per heavy atom. The molecular formula is C55H37N. The van der Waals surface area contributed by atoms with Crippen LogP contribution in [-0.4, -0.2) is 4.57 Å². The third-order valence-corrected chi connectivity index (χ3v) is 12.8. The topological polar surface area (TPSA) is 4.93 Å². The van der Waals surface area contributed by atoms with Crippen LogP contribution in [0.15, 0.2) is 188 Å². The molecule has 0 aliphatic heterocycles. The monoisotopic (exact) mass is 711 g/mol. The van der Waals surface area contributed by atoms with Gasteiger partial charge in [-0.1, -0.05) is 166 Å². The molecule has 0 fully saturated rings. The molecule has 1 heteroatoms. The van der Waals surface area contributed by atoms with Crippen LogP contribution >= 0.6 is 0 Å². The second kappa shape index (κ2) is 11.5. The Balaban J connectivity index is 1.02. The van der Waals surface area contributed by atoms with E-state index < -0.39 is 0 Å². The molecule has 0 atom stereocenters. The summed E-state index contributed by atoms with van der Waals surface area (Å²) in [6.45, 7) is 4.72. The lowest BCUT2D eigenvalue weighted by molar-refractivity contribution is 0.660. The molecular weight excluding hydrogens is 675 g/mol. The molecule has 262 valence electrons. The molecule has 0 saturated carbocycles.